The average molecular weight is 237 g/mol. The van der Waals surface area contributed by atoms with Gasteiger partial charge >= 0.3 is 6.09 Å². The summed E-state index contributed by atoms with van der Waals surface area (Å²) in [4.78, 5) is 11.4. The molecular formula is C12H15NO4. The maximum atomic E-state index is 11.4. The van der Waals surface area contributed by atoms with Crippen molar-refractivity contribution in [3.8, 4) is 11.5 Å². The number of hydrogen-bond donors (Lipinski definition) is 1. The molecule has 0 saturated carbocycles. The second-order valence-electron chi connectivity index (χ2n) is 3.68. The highest BCUT2D eigenvalue weighted by atomic mass is 16.7. The molecule has 92 valence electrons. The summed E-state index contributed by atoms with van der Waals surface area (Å²) in [6.07, 6.45) is 1.42. The summed E-state index contributed by atoms with van der Waals surface area (Å²) in [7, 11) is 0. The van der Waals surface area contributed by atoms with Crippen LogP contribution in [0.3, 0.4) is 0 Å². The summed E-state index contributed by atoms with van der Waals surface area (Å²) in [5.74, 6) is 1.33. The quantitative estimate of drug-likeness (QED) is 0.818. The van der Waals surface area contributed by atoms with E-state index in [1.54, 1.807) is 18.2 Å². The molecule has 17 heavy (non-hydrogen) atoms. The van der Waals surface area contributed by atoms with Crippen LogP contribution in [-0.2, 0) is 4.74 Å². The van der Waals surface area contributed by atoms with Gasteiger partial charge in [0, 0.05) is 11.8 Å². The lowest BCUT2D eigenvalue weighted by Gasteiger charge is -2.06. The van der Waals surface area contributed by atoms with Crippen molar-refractivity contribution in [2.75, 3.05) is 18.7 Å². The number of unbranched alkanes of at least 4 members (excludes halogenated alkanes) is 1. The Hall–Kier alpha value is -1.91. The summed E-state index contributed by atoms with van der Waals surface area (Å²) in [5, 5.41) is 2.63. The molecule has 0 atom stereocenters. The molecular weight excluding hydrogens is 222 g/mol. The molecule has 0 unspecified atom stereocenters. The number of nitrogens with one attached hydrogen (secondary N) is 1. The summed E-state index contributed by atoms with van der Waals surface area (Å²) < 4.78 is 15.4. The molecule has 0 aliphatic carbocycles. The summed E-state index contributed by atoms with van der Waals surface area (Å²) in [6.45, 7) is 2.70. The van der Waals surface area contributed by atoms with Crippen LogP contribution in [0.15, 0.2) is 18.2 Å². The van der Waals surface area contributed by atoms with Gasteiger partial charge in [-0.05, 0) is 18.6 Å². The summed E-state index contributed by atoms with van der Waals surface area (Å²) in [5.41, 5.74) is 0.635. The number of carbonyl (C=O) groups excluding carboxylic acids is 1. The zero-order valence-electron chi connectivity index (χ0n) is 9.69. The van der Waals surface area contributed by atoms with Crippen molar-refractivity contribution in [2.24, 2.45) is 0 Å². The number of anilines is 1. The Balaban J connectivity index is 1.88. The lowest BCUT2D eigenvalue weighted by molar-refractivity contribution is 0.160. The first kappa shape index (κ1) is 11.6. The van der Waals surface area contributed by atoms with Crippen molar-refractivity contribution >= 4 is 11.8 Å². The Kier molecular flexibility index (Phi) is 3.69. The molecule has 0 fully saturated rings. The summed E-state index contributed by atoms with van der Waals surface area (Å²) in [6, 6.07) is 5.21. The lowest BCUT2D eigenvalue weighted by atomic mass is 10.3. The fourth-order valence-corrected chi connectivity index (χ4v) is 1.44. The van der Waals surface area contributed by atoms with Gasteiger partial charge in [0.2, 0.25) is 6.79 Å². The fraction of sp³-hybridized carbons (Fsp3) is 0.417. The first-order valence-corrected chi connectivity index (χ1v) is 5.63. The van der Waals surface area contributed by atoms with Crippen molar-refractivity contribution in [2.45, 2.75) is 19.8 Å². The van der Waals surface area contributed by atoms with E-state index in [4.69, 9.17) is 14.2 Å². The van der Waals surface area contributed by atoms with Crippen LogP contribution in [0.1, 0.15) is 19.8 Å². The van der Waals surface area contributed by atoms with Crippen LogP contribution in [0.25, 0.3) is 0 Å². The van der Waals surface area contributed by atoms with Crippen LogP contribution >= 0.6 is 0 Å². The Morgan fingerprint density at radius 2 is 2.24 bits per heavy atom. The number of amides is 1. The minimum atomic E-state index is -0.447. The first-order chi connectivity index (χ1) is 8.29. The van der Waals surface area contributed by atoms with Gasteiger partial charge in [-0.1, -0.05) is 13.3 Å². The fourth-order valence-electron chi connectivity index (χ4n) is 1.44. The topological polar surface area (TPSA) is 56.8 Å². The number of fused-ring (bicyclic) bond motifs is 1. The number of hydrogen-bond acceptors (Lipinski definition) is 4. The zero-order chi connectivity index (χ0) is 12.1. The van der Waals surface area contributed by atoms with Crippen molar-refractivity contribution in [1.29, 1.82) is 0 Å². The third-order valence-electron chi connectivity index (χ3n) is 2.35. The molecule has 5 heteroatoms. The van der Waals surface area contributed by atoms with Gasteiger partial charge < -0.3 is 14.2 Å². The molecule has 0 radical (unpaired) electrons. The van der Waals surface area contributed by atoms with Crippen molar-refractivity contribution in [3.63, 3.8) is 0 Å². The molecule has 0 saturated heterocycles. The summed E-state index contributed by atoms with van der Waals surface area (Å²) >= 11 is 0. The minimum absolute atomic E-state index is 0.222. The van der Waals surface area contributed by atoms with Gasteiger partial charge in [-0.15, -0.1) is 0 Å². The molecule has 1 aromatic rings. The van der Waals surface area contributed by atoms with Crippen LogP contribution in [0, 0.1) is 0 Å². The Morgan fingerprint density at radius 3 is 3.06 bits per heavy atom. The maximum Gasteiger partial charge on any atom is 0.411 e. The normalized spacial score (nSPS) is 12.3. The molecule has 5 nitrogen and oxygen atoms in total. The van der Waals surface area contributed by atoms with E-state index in [9.17, 15) is 4.79 Å². The van der Waals surface area contributed by atoms with E-state index in [0.29, 0.717) is 23.8 Å². The van der Waals surface area contributed by atoms with E-state index in [1.807, 2.05) is 6.92 Å². The third kappa shape index (κ3) is 3.03. The second kappa shape index (κ2) is 5.43. The molecule has 0 spiro atoms. The van der Waals surface area contributed by atoms with Crippen LogP contribution in [-0.4, -0.2) is 19.5 Å². The van der Waals surface area contributed by atoms with Gasteiger partial charge in [-0.2, -0.15) is 0 Å². The second-order valence-corrected chi connectivity index (χ2v) is 3.68. The highest BCUT2D eigenvalue weighted by molar-refractivity contribution is 5.85. The monoisotopic (exact) mass is 237 g/mol. The Morgan fingerprint density at radius 1 is 1.41 bits per heavy atom. The number of carbonyl (C=O) groups is 1. The predicted octanol–water partition coefficient (Wildman–Crippen LogP) is 2.76. The maximum absolute atomic E-state index is 11.4. The molecule has 1 aliphatic rings. The van der Waals surface area contributed by atoms with Crippen molar-refractivity contribution < 1.29 is 19.0 Å². The predicted molar refractivity (Wildman–Crippen MR) is 62.4 cm³/mol. The third-order valence-corrected chi connectivity index (χ3v) is 2.35. The van der Waals surface area contributed by atoms with Crippen molar-refractivity contribution in [1.82, 2.24) is 0 Å². The highest BCUT2D eigenvalue weighted by Gasteiger charge is 2.14. The van der Waals surface area contributed by atoms with Gasteiger partial charge in [-0.25, -0.2) is 4.79 Å². The van der Waals surface area contributed by atoms with E-state index in [-0.39, 0.29) is 6.79 Å². The van der Waals surface area contributed by atoms with E-state index in [1.165, 1.54) is 0 Å². The van der Waals surface area contributed by atoms with Gasteiger partial charge in [0.15, 0.2) is 11.5 Å². The largest absolute Gasteiger partial charge is 0.454 e. The van der Waals surface area contributed by atoms with Gasteiger partial charge in [0.25, 0.3) is 0 Å². The smallest absolute Gasteiger partial charge is 0.411 e. The molecule has 1 aromatic carbocycles. The van der Waals surface area contributed by atoms with Gasteiger partial charge in [0.1, 0.15) is 0 Å². The number of benzene rings is 1. The molecule has 0 bridgehead atoms. The van der Waals surface area contributed by atoms with Crippen LogP contribution in [0.5, 0.6) is 11.5 Å². The zero-order valence-corrected chi connectivity index (χ0v) is 9.69. The van der Waals surface area contributed by atoms with E-state index >= 15 is 0 Å². The average Bonchev–Trinajstić information content (AvgIpc) is 2.76. The van der Waals surface area contributed by atoms with E-state index in [0.717, 1.165) is 12.8 Å². The van der Waals surface area contributed by atoms with E-state index < -0.39 is 6.09 Å². The Labute approximate surface area is 99.7 Å². The molecule has 0 aromatic heterocycles. The van der Waals surface area contributed by atoms with Crippen LogP contribution in [0.2, 0.25) is 0 Å². The van der Waals surface area contributed by atoms with Gasteiger partial charge in [-0.3, -0.25) is 5.32 Å². The molecule has 1 aliphatic heterocycles. The van der Waals surface area contributed by atoms with Gasteiger partial charge in [0.05, 0.1) is 6.61 Å². The SMILES string of the molecule is CCCCOC(=O)Nc1ccc2c(c1)OCO2. The highest BCUT2D eigenvalue weighted by Crippen LogP contribution is 2.34. The lowest BCUT2D eigenvalue weighted by Crippen LogP contribution is -2.14. The molecule has 1 heterocycles. The van der Waals surface area contributed by atoms with Crippen LogP contribution in [0.4, 0.5) is 10.5 Å². The number of rotatable bonds is 4. The molecule has 1 N–H and O–H groups in total. The Bertz CT molecular complexity index is 405. The van der Waals surface area contributed by atoms with Crippen molar-refractivity contribution in [3.05, 3.63) is 18.2 Å². The standard InChI is InChI=1S/C12H15NO4/c1-2-3-6-15-12(14)13-9-4-5-10-11(7-9)17-8-16-10/h4-5,7H,2-3,6,8H2,1H3,(H,13,14). The minimum Gasteiger partial charge on any atom is -0.454 e. The van der Waals surface area contributed by atoms with E-state index in [2.05, 4.69) is 5.32 Å². The van der Waals surface area contributed by atoms with Crippen LogP contribution < -0.4 is 14.8 Å². The number of ether oxygens (including phenoxy) is 3. The molecule has 2 rings (SSSR count). The molecule has 1 amide bonds. The first-order valence-electron chi connectivity index (χ1n) is 5.63.